The summed E-state index contributed by atoms with van der Waals surface area (Å²) in [4.78, 5) is 0. The van der Waals surface area contributed by atoms with E-state index in [0.717, 1.165) is 0 Å². The van der Waals surface area contributed by atoms with E-state index in [4.69, 9.17) is 4.74 Å². The number of hydrogen-bond donors (Lipinski definition) is 1. The summed E-state index contributed by atoms with van der Waals surface area (Å²) in [6.45, 7) is 3.51. The predicted octanol–water partition coefficient (Wildman–Crippen LogP) is 2.28. The molecule has 0 amide bonds. The lowest BCUT2D eigenvalue weighted by Crippen LogP contribution is -2.31. The number of benzene rings is 1. The van der Waals surface area contributed by atoms with Crippen LogP contribution in [0.25, 0.3) is 0 Å². The third-order valence-corrected chi connectivity index (χ3v) is 2.35. The highest BCUT2D eigenvalue weighted by Crippen LogP contribution is 2.28. The molecule has 0 heterocycles. The lowest BCUT2D eigenvalue weighted by Gasteiger charge is -2.29. The summed E-state index contributed by atoms with van der Waals surface area (Å²) in [6, 6.07) is 5.90. The van der Waals surface area contributed by atoms with Crippen LogP contribution in [0.1, 0.15) is 25.5 Å². The van der Waals surface area contributed by atoms with Crippen LogP contribution in [0.5, 0.6) is 0 Å². The first-order chi connectivity index (χ1) is 6.47. The van der Waals surface area contributed by atoms with Crippen molar-refractivity contribution in [2.75, 3.05) is 7.11 Å². The normalized spacial score (nSPS) is 14.1. The minimum Gasteiger partial charge on any atom is -0.385 e. The zero-order valence-electron chi connectivity index (χ0n) is 8.62. The van der Waals surface area contributed by atoms with E-state index in [1.54, 1.807) is 26.0 Å². The van der Waals surface area contributed by atoms with Crippen molar-refractivity contribution in [3.8, 4) is 0 Å². The van der Waals surface area contributed by atoms with Gasteiger partial charge in [0, 0.05) is 7.11 Å². The molecule has 1 aromatic carbocycles. The summed E-state index contributed by atoms with van der Waals surface area (Å²) in [5, 5.41) is 9.88. The second kappa shape index (κ2) is 4.07. The Morgan fingerprint density at radius 3 is 2.57 bits per heavy atom. The summed E-state index contributed by atoms with van der Waals surface area (Å²) < 4.78 is 18.0. The van der Waals surface area contributed by atoms with Crippen molar-refractivity contribution in [3.63, 3.8) is 0 Å². The van der Waals surface area contributed by atoms with E-state index in [0.29, 0.717) is 5.56 Å². The average molecular weight is 198 g/mol. The largest absolute Gasteiger partial charge is 0.385 e. The van der Waals surface area contributed by atoms with Crippen LogP contribution >= 0.6 is 0 Å². The first-order valence-corrected chi connectivity index (χ1v) is 4.46. The van der Waals surface area contributed by atoms with Crippen molar-refractivity contribution < 1.29 is 14.2 Å². The van der Waals surface area contributed by atoms with Crippen molar-refractivity contribution in [2.24, 2.45) is 0 Å². The molecule has 78 valence electrons. The van der Waals surface area contributed by atoms with Crippen molar-refractivity contribution in [2.45, 2.75) is 25.6 Å². The molecule has 0 fully saturated rings. The van der Waals surface area contributed by atoms with Gasteiger partial charge in [0.2, 0.25) is 0 Å². The van der Waals surface area contributed by atoms with Gasteiger partial charge in [-0.25, -0.2) is 4.39 Å². The fourth-order valence-corrected chi connectivity index (χ4v) is 1.19. The lowest BCUT2D eigenvalue weighted by molar-refractivity contribution is -0.0794. The zero-order valence-corrected chi connectivity index (χ0v) is 8.62. The van der Waals surface area contributed by atoms with Crippen LogP contribution in [0.3, 0.4) is 0 Å². The van der Waals surface area contributed by atoms with Gasteiger partial charge in [-0.1, -0.05) is 12.1 Å². The van der Waals surface area contributed by atoms with Crippen molar-refractivity contribution in [1.82, 2.24) is 0 Å². The minimum absolute atomic E-state index is 0.353. The fraction of sp³-hybridized carbons (Fsp3) is 0.455. The van der Waals surface area contributed by atoms with Crippen LogP contribution in [-0.2, 0) is 4.74 Å². The van der Waals surface area contributed by atoms with Gasteiger partial charge in [0.15, 0.2) is 0 Å². The van der Waals surface area contributed by atoms with Gasteiger partial charge in [0.05, 0.1) is 5.60 Å². The van der Waals surface area contributed by atoms with Crippen LogP contribution in [0.15, 0.2) is 24.3 Å². The molecule has 0 saturated heterocycles. The molecule has 1 atom stereocenters. The minimum atomic E-state index is -0.830. The highest BCUT2D eigenvalue weighted by molar-refractivity contribution is 5.20. The van der Waals surface area contributed by atoms with Gasteiger partial charge in [0.1, 0.15) is 11.9 Å². The van der Waals surface area contributed by atoms with Crippen LogP contribution in [0, 0.1) is 5.82 Å². The average Bonchev–Trinajstić information content (AvgIpc) is 2.16. The Morgan fingerprint density at radius 1 is 1.43 bits per heavy atom. The van der Waals surface area contributed by atoms with E-state index >= 15 is 0 Å². The van der Waals surface area contributed by atoms with Gasteiger partial charge in [0.25, 0.3) is 0 Å². The van der Waals surface area contributed by atoms with Gasteiger partial charge < -0.3 is 9.84 Å². The molecule has 2 nitrogen and oxygen atoms in total. The van der Waals surface area contributed by atoms with Crippen LogP contribution in [0.2, 0.25) is 0 Å². The van der Waals surface area contributed by atoms with E-state index in [2.05, 4.69) is 0 Å². The molecule has 0 saturated carbocycles. The molecule has 0 bridgehead atoms. The molecule has 0 aliphatic heterocycles. The second-order valence-corrected chi connectivity index (χ2v) is 3.77. The van der Waals surface area contributed by atoms with E-state index in [-0.39, 0.29) is 5.82 Å². The number of halogens is 1. The molecular formula is C11H15FO2. The Kier molecular flexibility index (Phi) is 3.24. The Hall–Kier alpha value is -0.930. The Labute approximate surface area is 83.3 Å². The SMILES string of the molecule is COC(C)(C)C(O)c1cccc(F)c1. The fourth-order valence-electron chi connectivity index (χ4n) is 1.19. The van der Waals surface area contributed by atoms with Crippen molar-refractivity contribution in [1.29, 1.82) is 0 Å². The van der Waals surface area contributed by atoms with E-state index < -0.39 is 11.7 Å². The molecule has 0 spiro atoms. The summed E-state index contributed by atoms with van der Waals surface area (Å²) in [5.41, 5.74) is -0.190. The maximum Gasteiger partial charge on any atom is 0.123 e. The van der Waals surface area contributed by atoms with E-state index in [9.17, 15) is 9.50 Å². The number of methoxy groups -OCH3 is 1. The lowest BCUT2D eigenvalue weighted by atomic mass is 9.94. The second-order valence-electron chi connectivity index (χ2n) is 3.77. The third-order valence-electron chi connectivity index (χ3n) is 2.35. The highest BCUT2D eigenvalue weighted by atomic mass is 19.1. The van der Waals surface area contributed by atoms with Crippen LogP contribution < -0.4 is 0 Å². The summed E-state index contributed by atoms with van der Waals surface area (Å²) in [7, 11) is 1.52. The number of hydrogen-bond acceptors (Lipinski definition) is 2. The first kappa shape index (κ1) is 11.1. The summed E-state index contributed by atoms with van der Waals surface area (Å²) >= 11 is 0. The number of aliphatic hydroxyl groups excluding tert-OH is 1. The van der Waals surface area contributed by atoms with Crippen LogP contribution in [-0.4, -0.2) is 17.8 Å². The molecule has 14 heavy (non-hydrogen) atoms. The molecule has 1 N–H and O–H groups in total. The molecular weight excluding hydrogens is 183 g/mol. The van der Waals surface area contributed by atoms with Crippen LogP contribution in [0.4, 0.5) is 4.39 Å². The predicted molar refractivity (Wildman–Crippen MR) is 52.4 cm³/mol. The molecule has 0 aromatic heterocycles. The summed E-state index contributed by atoms with van der Waals surface area (Å²) in [6.07, 6.45) is -0.830. The zero-order chi connectivity index (χ0) is 10.8. The van der Waals surface area contributed by atoms with Crippen molar-refractivity contribution in [3.05, 3.63) is 35.6 Å². The molecule has 3 heteroatoms. The van der Waals surface area contributed by atoms with Gasteiger partial charge in [-0.2, -0.15) is 0 Å². The Bertz CT molecular complexity index is 310. The smallest absolute Gasteiger partial charge is 0.123 e. The maximum absolute atomic E-state index is 12.9. The van der Waals surface area contributed by atoms with Gasteiger partial charge in [-0.05, 0) is 31.5 Å². The standard InChI is InChI=1S/C11H15FO2/c1-11(2,14-3)10(13)8-5-4-6-9(12)7-8/h4-7,10,13H,1-3H3. The monoisotopic (exact) mass is 198 g/mol. The molecule has 0 radical (unpaired) electrons. The number of aliphatic hydroxyl groups is 1. The van der Waals surface area contributed by atoms with Gasteiger partial charge in [-0.3, -0.25) is 0 Å². The molecule has 1 unspecified atom stereocenters. The maximum atomic E-state index is 12.9. The Balaban J connectivity index is 2.94. The van der Waals surface area contributed by atoms with Crippen molar-refractivity contribution >= 4 is 0 Å². The quantitative estimate of drug-likeness (QED) is 0.807. The topological polar surface area (TPSA) is 29.5 Å². The Morgan fingerprint density at radius 2 is 2.07 bits per heavy atom. The molecule has 0 aliphatic carbocycles. The molecule has 1 rings (SSSR count). The number of rotatable bonds is 3. The summed E-state index contributed by atoms with van der Waals surface area (Å²) in [5.74, 6) is -0.353. The van der Waals surface area contributed by atoms with Gasteiger partial charge in [-0.15, -0.1) is 0 Å². The van der Waals surface area contributed by atoms with E-state index in [1.165, 1.54) is 19.2 Å². The van der Waals surface area contributed by atoms with E-state index in [1.807, 2.05) is 0 Å². The van der Waals surface area contributed by atoms with Gasteiger partial charge >= 0.3 is 0 Å². The number of ether oxygens (including phenoxy) is 1. The third kappa shape index (κ3) is 2.30. The molecule has 1 aromatic rings. The highest BCUT2D eigenvalue weighted by Gasteiger charge is 2.28. The first-order valence-electron chi connectivity index (χ1n) is 4.46. The molecule has 0 aliphatic rings.